The van der Waals surface area contributed by atoms with Gasteiger partial charge in [0.15, 0.2) is 6.61 Å². The highest BCUT2D eigenvalue weighted by atomic mass is 16.5. The molecule has 0 bridgehead atoms. The first-order valence-electron chi connectivity index (χ1n) is 10.4. The van der Waals surface area contributed by atoms with Crippen LogP contribution in [0.3, 0.4) is 0 Å². The number of nitrogens with zero attached hydrogens (tertiary/aromatic N) is 3. The number of amides is 1. The monoisotopic (exact) mass is 398 g/mol. The molecule has 1 aromatic carbocycles. The van der Waals surface area contributed by atoms with Crippen molar-refractivity contribution in [1.29, 1.82) is 0 Å². The minimum Gasteiger partial charge on any atom is -0.483 e. The van der Waals surface area contributed by atoms with Crippen LogP contribution in [0.25, 0.3) is 0 Å². The molecule has 1 amide bonds. The first-order chi connectivity index (χ1) is 14.1. The summed E-state index contributed by atoms with van der Waals surface area (Å²) in [5.74, 6) is 0.704. The number of carbonyl (C=O) groups is 1. The topological polar surface area (TPSA) is 68.6 Å². The average Bonchev–Trinajstić information content (AvgIpc) is 3.24. The second-order valence-corrected chi connectivity index (χ2v) is 8.03. The normalized spacial score (nSPS) is 23.7. The minimum absolute atomic E-state index is 0.00406. The second-order valence-electron chi connectivity index (χ2n) is 8.03. The number of aryl methyl sites for hydroxylation is 3. The quantitative estimate of drug-likeness (QED) is 0.836. The van der Waals surface area contributed by atoms with Crippen LogP contribution in [-0.4, -0.2) is 59.0 Å². The van der Waals surface area contributed by atoms with Crippen molar-refractivity contribution in [3.05, 3.63) is 47.3 Å². The SMILES string of the molecule is Cc1cnn(C)c1CN1C[C@@H]2NC(=O)COc3ccccc3CCCCO[C@H]2C1. The Hall–Kier alpha value is -2.38. The van der Waals surface area contributed by atoms with Gasteiger partial charge in [-0.25, -0.2) is 0 Å². The number of fused-ring (bicyclic) bond motifs is 2. The van der Waals surface area contributed by atoms with E-state index in [1.54, 1.807) is 0 Å². The molecule has 0 saturated carbocycles. The summed E-state index contributed by atoms with van der Waals surface area (Å²) in [7, 11) is 1.97. The Morgan fingerprint density at radius 2 is 2.10 bits per heavy atom. The molecule has 2 atom stereocenters. The maximum absolute atomic E-state index is 12.5. The number of hydrogen-bond donors (Lipinski definition) is 1. The third-order valence-corrected chi connectivity index (χ3v) is 5.84. The Labute approximate surface area is 172 Å². The maximum atomic E-state index is 12.5. The largest absolute Gasteiger partial charge is 0.483 e. The fraction of sp³-hybridized carbons (Fsp3) is 0.545. The van der Waals surface area contributed by atoms with Crippen molar-refractivity contribution in [1.82, 2.24) is 20.0 Å². The first kappa shape index (κ1) is 19.9. The lowest BCUT2D eigenvalue weighted by Gasteiger charge is -2.20. The van der Waals surface area contributed by atoms with Gasteiger partial charge in [0, 0.05) is 33.3 Å². The predicted octanol–water partition coefficient (Wildman–Crippen LogP) is 1.83. The number of nitrogens with one attached hydrogen (secondary N) is 1. The molecule has 2 aliphatic heterocycles. The van der Waals surface area contributed by atoms with E-state index in [4.69, 9.17) is 9.47 Å². The van der Waals surface area contributed by atoms with Crippen molar-refractivity contribution >= 4 is 5.91 Å². The number of benzene rings is 1. The van der Waals surface area contributed by atoms with Gasteiger partial charge in [0.05, 0.1) is 24.0 Å². The van der Waals surface area contributed by atoms with Gasteiger partial charge in [-0.15, -0.1) is 0 Å². The summed E-state index contributed by atoms with van der Waals surface area (Å²) >= 11 is 0. The molecular weight excluding hydrogens is 368 g/mol. The van der Waals surface area contributed by atoms with E-state index in [1.165, 1.54) is 11.3 Å². The highest BCUT2D eigenvalue weighted by molar-refractivity contribution is 5.78. The highest BCUT2D eigenvalue weighted by Gasteiger charge is 2.35. The third-order valence-electron chi connectivity index (χ3n) is 5.84. The van der Waals surface area contributed by atoms with Gasteiger partial charge in [0.25, 0.3) is 5.91 Å². The summed E-state index contributed by atoms with van der Waals surface area (Å²) in [6.45, 7) is 5.19. The number of para-hydroxylation sites is 1. The van der Waals surface area contributed by atoms with Gasteiger partial charge in [-0.2, -0.15) is 5.10 Å². The van der Waals surface area contributed by atoms with E-state index >= 15 is 0 Å². The van der Waals surface area contributed by atoms with Crippen LogP contribution in [-0.2, 0) is 29.5 Å². The summed E-state index contributed by atoms with van der Waals surface area (Å²) in [4.78, 5) is 14.9. The van der Waals surface area contributed by atoms with Crippen molar-refractivity contribution in [2.75, 3.05) is 26.3 Å². The molecule has 0 radical (unpaired) electrons. The highest BCUT2D eigenvalue weighted by Crippen LogP contribution is 2.22. The van der Waals surface area contributed by atoms with Gasteiger partial charge in [-0.05, 0) is 43.4 Å². The summed E-state index contributed by atoms with van der Waals surface area (Å²) in [6.07, 6.45) is 4.85. The lowest BCUT2D eigenvalue weighted by atomic mass is 10.1. The van der Waals surface area contributed by atoms with Gasteiger partial charge in [-0.1, -0.05) is 18.2 Å². The van der Waals surface area contributed by atoms with E-state index in [2.05, 4.69) is 28.3 Å². The zero-order valence-corrected chi connectivity index (χ0v) is 17.3. The fourth-order valence-electron chi connectivity index (χ4n) is 4.20. The molecule has 1 fully saturated rings. The van der Waals surface area contributed by atoms with Crippen LogP contribution >= 0.6 is 0 Å². The second kappa shape index (κ2) is 8.97. The van der Waals surface area contributed by atoms with E-state index < -0.39 is 0 Å². The number of aromatic nitrogens is 2. The van der Waals surface area contributed by atoms with Gasteiger partial charge in [-0.3, -0.25) is 14.4 Å². The number of likely N-dealkylation sites (tertiary alicyclic amines) is 1. The van der Waals surface area contributed by atoms with Crippen LogP contribution in [0.1, 0.15) is 29.7 Å². The smallest absolute Gasteiger partial charge is 0.258 e. The molecule has 29 heavy (non-hydrogen) atoms. The standard InChI is InChI=1S/C22H30N4O3/c1-16-11-23-25(2)19(16)13-26-12-18-21(14-26)28-10-6-5-8-17-7-3-4-9-20(17)29-15-22(27)24-18/h3-4,7,9,11,18,21H,5-6,8,10,12-15H2,1-2H3,(H,24,27)/t18-,21-/m0/s1. The molecule has 7 nitrogen and oxygen atoms in total. The Balaban J connectivity index is 1.43. The fourth-order valence-corrected chi connectivity index (χ4v) is 4.20. The van der Waals surface area contributed by atoms with Crippen LogP contribution in [0.2, 0.25) is 0 Å². The Morgan fingerprint density at radius 1 is 1.24 bits per heavy atom. The van der Waals surface area contributed by atoms with Gasteiger partial charge < -0.3 is 14.8 Å². The van der Waals surface area contributed by atoms with Crippen molar-refractivity contribution in [2.24, 2.45) is 7.05 Å². The lowest BCUT2D eigenvalue weighted by Crippen LogP contribution is -2.45. The first-order valence-corrected chi connectivity index (χ1v) is 10.4. The van der Waals surface area contributed by atoms with Crippen molar-refractivity contribution in [3.8, 4) is 5.75 Å². The van der Waals surface area contributed by atoms with Crippen LogP contribution in [0.5, 0.6) is 5.75 Å². The van der Waals surface area contributed by atoms with Crippen molar-refractivity contribution < 1.29 is 14.3 Å². The molecule has 1 N–H and O–H groups in total. The van der Waals surface area contributed by atoms with Gasteiger partial charge in [0.1, 0.15) is 5.75 Å². The summed E-state index contributed by atoms with van der Waals surface area (Å²) in [5.41, 5.74) is 3.54. The van der Waals surface area contributed by atoms with E-state index in [-0.39, 0.29) is 24.7 Å². The molecule has 1 saturated heterocycles. The average molecular weight is 399 g/mol. The molecule has 0 unspecified atom stereocenters. The molecule has 2 aromatic rings. The van der Waals surface area contributed by atoms with Crippen molar-refractivity contribution in [2.45, 2.75) is 44.9 Å². The molecule has 7 heteroatoms. The van der Waals surface area contributed by atoms with Crippen molar-refractivity contribution in [3.63, 3.8) is 0 Å². The molecule has 0 aliphatic carbocycles. The zero-order valence-electron chi connectivity index (χ0n) is 17.3. The molecule has 4 rings (SSSR count). The van der Waals surface area contributed by atoms with E-state index in [0.717, 1.165) is 50.2 Å². The van der Waals surface area contributed by atoms with E-state index in [9.17, 15) is 4.79 Å². The number of carbonyl (C=O) groups excluding carboxylic acids is 1. The Kier molecular flexibility index (Phi) is 6.16. The summed E-state index contributed by atoms with van der Waals surface area (Å²) in [6, 6.07) is 7.94. The van der Waals surface area contributed by atoms with E-state index in [1.807, 2.05) is 36.1 Å². The zero-order chi connectivity index (χ0) is 20.2. The number of ether oxygens (including phenoxy) is 2. The minimum atomic E-state index is -0.101. The van der Waals surface area contributed by atoms with Crippen LogP contribution in [0.15, 0.2) is 30.5 Å². The molecular formula is C22H30N4O3. The van der Waals surface area contributed by atoms with Crippen LogP contribution in [0, 0.1) is 6.92 Å². The van der Waals surface area contributed by atoms with E-state index in [0.29, 0.717) is 6.61 Å². The number of hydrogen-bond acceptors (Lipinski definition) is 5. The molecule has 2 aliphatic rings. The molecule has 1 aromatic heterocycles. The molecule has 3 heterocycles. The van der Waals surface area contributed by atoms with Gasteiger partial charge >= 0.3 is 0 Å². The van der Waals surface area contributed by atoms with Gasteiger partial charge in [0.2, 0.25) is 0 Å². The summed E-state index contributed by atoms with van der Waals surface area (Å²) < 4.78 is 14.0. The Morgan fingerprint density at radius 3 is 2.93 bits per heavy atom. The predicted molar refractivity (Wildman–Crippen MR) is 110 cm³/mol. The van der Waals surface area contributed by atoms with Crippen LogP contribution in [0.4, 0.5) is 0 Å². The maximum Gasteiger partial charge on any atom is 0.258 e. The Bertz CT molecular complexity index is 831. The molecule has 0 spiro atoms. The third kappa shape index (κ3) is 4.79. The van der Waals surface area contributed by atoms with Crippen LogP contribution < -0.4 is 10.1 Å². The lowest BCUT2D eigenvalue weighted by molar-refractivity contribution is -0.124. The summed E-state index contributed by atoms with van der Waals surface area (Å²) in [5, 5.41) is 7.47. The molecule has 156 valence electrons. The number of rotatable bonds is 2.